The molecule has 3 nitrogen and oxygen atoms in total. The van der Waals surface area contributed by atoms with Crippen molar-refractivity contribution in [1.82, 2.24) is 0 Å². The SMILES string of the molecule is NCCC1CN(C(=O)C2CC2c2ccc(F)cc2)c2ccccc21. The molecule has 1 fully saturated rings. The van der Waals surface area contributed by atoms with E-state index in [1.807, 2.05) is 23.1 Å². The molecule has 24 heavy (non-hydrogen) atoms. The number of halogens is 1. The number of carbonyl (C=O) groups is 1. The van der Waals surface area contributed by atoms with Crippen molar-refractivity contribution in [3.63, 3.8) is 0 Å². The molecule has 0 saturated heterocycles. The Morgan fingerprint density at radius 1 is 1.17 bits per heavy atom. The highest BCUT2D eigenvalue weighted by Crippen LogP contribution is 2.50. The van der Waals surface area contributed by atoms with Crippen molar-refractivity contribution in [1.29, 1.82) is 0 Å². The minimum atomic E-state index is -0.236. The summed E-state index contributed by atoms with van der Waals surface area (Å²) < 4.78 is 13.1. The van der Waals surface area contributed by atoms with E-state index in [0.29, 0.717) is 12.5 Å². The van der Waals surface area contributed by atoms with Gasteiger partial charge in [-0.3, -0.25) is 4.79 Å². The second-order valence-electron chi connectivity index (χ2n) is 6.78. The van der Waals surface area contributed by atoms with Crippen LogP contribution in [0.1, 0.15) is 35.8 Å². The van der Waals surface area contributed by atoms with Crippen LogP contribution in [-0.4, -0.2) is 19.0 Å². The van der Waals surface area contributed by atoms with Crippen molar-refractivity contribution in [2.24, 2.45) is 11.7 Å². The van der Waals surface area contributed by atoms with Crippen LogP contribution in [0.3, 0.4) is 0 Å². The molecule has 2 N–H and O–H groups in total. The van der Waals surface area contributed by atoms with Gasteiger partial charge in [0.05, 0.1) is 0 Å². The van der Waals surface area contributed by atoms with E-state index in [1.54, 1.807) is 12.1 Å². The summed E-state index contributed by atoms with van der Waals surface area (Å²) in [5.41, 5.74) is 9.06. The fraction of sp³-hybridized carbons (Fsp3) is 0.350. The second kappa shape index (κ2) is 6.02. The molecule has 1 aliphatic heterocycles. The highest BCUT2D eigenvalue weighted by Gasteiger charge is 2.47. The number of para-hydroxylation sites is 1. The van der Waals surface area contributed by atoms with Gasteiger partial charge in [0.15, 0.2) is 0 Å². The summed E-state index contributed by atoms with van der Waals surface area (Å²) in [6.07, 6.45) is 1.75. The molecular weight excluding hydrogens is 303 g/mol. The summed E-state index contributed by atoms with van der Waals surface area (Å²) in [7, 11) is 0. The van der Waals surface area contributed by atoms with Crippen LogP contribution in [0.2, 0.25) is 0 Å². The first kappa shape index (κ1) is 15.3. The smallest absolute Gasteiger partial charge is 0.230 e. The first-order valence-electron chi connectivity index (χ1n) is 8.55. The number of hydrogen-bond donors (Lipinski definition) is 1. The molecule has 0 radical (unpaired) electrons. The minimum Gasteiger partial charge on any atom is -0.330 e. The number of hydrogen-bond acceptors (Lipinski definition) is 2. The van der Waals surface area contributed by atoms with Crippen molar-refractivity contribution >= 4 is 11.6 Å². The molecule has 2 aliphatic rings. The van der Waals surface area contributed by atoms with Crippen molar-refractivity contribution in [2.75, 3.05) is 18.0 Å². The van der Waals surface area contributed by atoms with Gasteiger partial charge in [-0.05, 0) is 54.6 Å². The first-order valence-corrected chi connectivity index (χ1v) is 8.55. The predicted molar refractivity (Wildman–Crippen MR) is 92.5 cm³/mol. The molecule has 1 saturated carbocycles. The number of fused-ring (bicyclic) bond motifs is 1. The van der Waals surface area contributed by atoms with Crippen LogP contribution in [-0.2, 0) is 4.79 Å². The first-order chi connectivity index (χ1) is 11.7. The molecule has 3 atom stereocenters. The molecule has 3 unspecified atom stereocenters. The number of benzene rings is 2. The maximum Gasteiger partial charge on any atom is 0.230 e. The van der Waals surface area contributed by atoms with E-state index in [1.165, 1.54) is 17.7 Å². The van der Waals surface area contributed by atoms with Crippen molar-refractivity contribution in [2.45, 2.75) is 24.7 Å². The molecule has 2 aromatic rings. The molecule has 1 aliphatic carbocycles. The third-order valence-corrected chi connectivity index (χ3v) is 5.26. The van der Waals surface area contributed by atoms with Gasteiger partial charge in [-0.2, -0.15) is 0 Å². The molecule has 1 heterocycles. The van der Waals surface area contributed by atoms with E-state index in [4.69, 9.17) is 5.73 Å². The molecule has 1 amide bonds. The quantitative estimate of drug-likeness (QED) is 0.937. The zero-order chi connectivity index (χ0) is 16.7. The third-order valence-electron chi connectivity index (χ3n) is 5.26. The number of anilines is 1. The average Bonchev–Trinajstić information content (AvgIpc) is 3.32. The minimum absolute atomic E-state index is 0.0140. The largest absolute Gasteiger partial charge is 0.330 e. The van der Waals surface area contributed by atoms with Gasteiger partial charge in [0.1, 0.15) is 5.82 Å². The maximum absolute atomic E-state index is 13.1. The normalized spacial score (nSPS) is 24.8. The molecule has 4 heteroatoms. The predicted octanol–water partition coefficient (Wildman–Crippen LogP) is 3.41. The molecule has 124 valence electrons. The van der Waals surface area contributed by atoms with E-state index in [0.717, 1.165) is 30.6 Å². The Morgan fingerprint density at radius 2 is 1.92 bits per heavy atom. The van der Waals surface area contributed by atoms with E-state index >= 15 is 0 Å². The maximum atomic E-state index is 13.1. The zero-order valence-electron chi connectivity index (χ0n) is 13.5. The Labute approximate surface area is 141 Å². The number of amides is 1. The lowest BCUT2D eigenvalue weighted by Crippen LogP contribution is -2.31. The van der Waals surface area contributed by atoms with E-state index in [-0.39, 0.29) is 23.6 Å². The second-order valence-corrected chi connectivity index (χ2v) is 6.78. The van der Waals surface area contributed by atoms with Crippen molar-refractivity contribution in [3.8, 4) is 0 Å². The molecule has 0 spiro atoms. The number of carbonyl (C=O) groups excluding carboxylic acids is 1. The topological polar surface area (TPSA) is 46.3 Å². The van der Waals surface area contributed by atoms with Gasteiger partial charge in [0.2, 0.25) is 5.91 Å². The molecule has 0 bridgehead atoms. The van der Waals surface area contributed by atoms with Gasteiger partial charge in [0, 0.05) is 24.1 Å². The third kappa shape index (κ3) is 2.61. The summed E-state index contributed by atoms with van der Waals surface area (Å²) in [5.74, 6) is 0.522. The van der Waals surface area contributed by atoms with Crippen molar-refractivity contribution < 1.29 is 9.18 Å². The van der Waals surface area contributed by atoms with Crippen LogP contribution in [0, 0.1) is 11.7 Å². The fourth-order valence-electron chi connectivity index (χ4n) is 3.90. The lowest BCUT2D eigenvalue weighted by Gasteiger charge is -2.18. The molecular formula is C20H21FN2O. The monoisotopic (exact) mass is 324 g/mol. The summed E-state index contributed by atoms with van der Waals surface area (Å²) >= 11 is 0. The van der Waals surface area contributed by atoms with Gasteiger partial charge in [-0.15, -0.1) is 0 Å². The number of rotatable bonds is 4. The Hall–Kier alpha value is -2.20. The highest BCUT2D eigenvalue weighted by atomic mass is 19.1. The summed E-state index contributed by atoms with van der Waals surface area (Å²) in [4.78, 5) is 14.9. The van der Waals surface area contributed by atoms with Gasteiger partial charge in [-0.25, -0.2) is 4.39 Å². The number of nitrogens with two attached hydrogens (primary N) is 1. The lowest BCUT2D eigenvalue weighted by molar-refractivity contribution is -0.119. The van der Waals surface area contributed by atoms with Crippen LogP contribution < -0.4 is 10.6 Å². The van der Waals surface area contributed by atoms with Gasteiger partial charge in [0.25, 0.3) is 0 Å². The van der Waals surface area contributed by atoms with E-state index in [2.05, 4.69) is 6.07 Å². The Morgan fingerprint density at radius 3 is 2.67 bits per heavy atom. The van der Waals surface area contributed by atoms with E-state index < -0.39 is 0 Å². The zero-order valence-corrected chi connectivity index (χ0v) is 13.5. The average molecular weight is 324 g/mol. The molecule has 4 rings (SSSR count). The van der Waals surface area contributed by atoms with Crippen LogP contribution in [0.15, 0.2) is 48.5 Å². The number of nitrogens with zero attached hydrogens (tertiary/aromatic N) is 1. The Balaban J connectivity index is 1.53. The fourth-order valence-corrected chi connectivity index (χ4v) is 3.90. The van der Waals surface area contributed by atoms with Crippen LogP contribution >= 0.6 is 0 Å². The van der Waals surface area contributed by atoms with Gasteiger partial charge in [-0.1, -0.05) is 30.3 Å². The highest BCUT2D eigenvalue weighted by molar-refractivity contribution is 5.99. The van der Waals surface area contributed by atoms with Crippen molar-refractivity contribution in [3.05, 3.63) is 65.5 Å². The summed E-state index contributed by atoms with van der Waals surface area (Å²) in [6, 6.07) is 14.7. The molecule has 0 aromatic heterocycles. The Kier molecular flexibility index (Phi) is 3.85. The molecule has 2 aromatic carbocycles. The van der Waals surface area contributed by atoms with Gasteiger partial charge < -0.3 is 10.6 Å². The van der Waals surface area contributed by atoms with Crippen LogP contribution in [0.5, 0.6) is 0 Å². The Bertz CT molecular complexity index is 758. The lowest BCUT2D eigenvalue weighted by atomic mass is 9.98. The standard InChI is InChI=1S/C20H21FN2O/c21-15-7-5-13(6-8-15)17-11-18(17)20(24)23-12-14(9-10-22)16-3-1-2-4-19(16)23/h1-8,14,17-18H,9-12,22H2. The summed E-state index contributed by atoms with van der Waals surface area (Å²) in [5, 5.41) is 0. The summed E-state index contributed by atoms with van der Waals surface area (Å²) in [6.45, 7) is 1.35. The van der Waals surface area contributed by atoms with Crippen LogP contribution in [0.4, 0.5) is 10.1 Å². The van der Waals surface area contributed by atoms with E-state index in [9.17, 15) is 9.18 Å². The van der Waals surface area contributed by atoms with Crippen LogP contribution in [0.25, 0.3) is 0 Å². The van der Waals surface area contributed by atoms with Gasteiger partial charge >= 0.3 is 0 Å².